The number of benzene rings is 1. The first-order chi connectivity index (χ1) is 11.5. The second kappa shape index (κ2) is 7.00. The molecule has 7 heteroatoms. The fourth-order valence-corrected chi connectivity index (χ4v) is 2.90. The number of piperazine rings is 1. The molecular weight excluding hydrogens is 309 g/mol. The maximum Gasteiger partial charge on any atom is 0.242 e. The van der Waals surface area contributed by atoms with E-state index in [0.717, 1.165) is 31.9 Å². The van der Waals surface area contributed by atoms with Crippen molar-refractivity contribution >= 4 is 17.4 Å². The normalized spacial score (nSPS) is 16.9. The molecule has 1 N–H and O–H groups in total. The molecule has 1 aromatic heterocycles. The van der Waals surface area contributed by atoms with Gasteiger partial charge in [-0.2, -0.15) is 5.10 Å². The summed E-state index contributed by atoms with van der Waals surface area (Å²) in [6.07, 6.45) is 1.79. The van der Waals surface area contributed by atoms with Crippen molar-refractivity contribution in [1.82, 2.24) is 14.7 Å². The molecule has 6 nitrogen and oxygen atoms in total. The van der Waals surface area contributed by atoms with Crippen LogP contribution >= 0.6 is 0 Å². The predicted octanol–water partition coefficient (Wildman–Crippen LogP) is 1.71. The van der Waals surface area contributed by atoms with Crippen LogP contribution in [-0.2, 0) is 11.8 Å². The minimum atomic E-state index is -0.225. The van der Waals surface area contributed by atoms with Crippen LogP contribution in [0.2, 0.25) is 0 Å². The van der Waals surface area contributed by atoms with Gasteiger partial charge in [0.1, 0.15) is 5.82 Å². The van der Waals surface area contributed by atoms with E-state index >= 15 is 0 Å². The Morgan fingerprint density at radius 2 is 1.83 bits per heavy atom. The molecule has 0 radical (unpaired) electrons. The highest BCUT2D eigenvalue weighted by atomic mass is 19.1. The Morgan fingerprint density at radius 1 is 1.17 bits per heavy atom. The van der Waals surface area contributed by atoms with E-state index < -0.39 is 0 Å². The maximum atomic E-state index is 13.0. The van der Waals surface area contributed by atoms with Crippen molar-refractivity contribution in [3.63, 3.8) is 0 Å². The lowest BCUT2D eigenvalue weighted by Gasteiger charge is -2.38. The zero-order chi connectivity index (χ0) is 17.1. The first kappa shape index (κ1) is 16.4. The smallest absolute Gasteiger partial charge is 0.242 e. The molecule has 1 aromatic carbocycles. The topological polar surface area (TPSA) is 53.4 Å². The number of rotatable bonds is 4. The van der Waals surface area contributed by atoms with Gasteiger partial charge in [-0.1, -0.05) is 0 Å². The van der Waals surface area contributed by atoms with E-state index in [2.05, 4.69) is 20.2 Å². The number of nitrogens with one attached hydrogen (secondary N) is 1. The summed E-state index contributed by atoms with van der Waals surface area (Å²) < 4.78 is 14.7. The van der Waals surface area contributed by atoms with Gasteiger partial charge in [-0.25, -0.2) is 4.39 Å². The monoisotopic (exact) mass is 331 g/mol. The van der Waals surface area contributed by atoms with Gasteiger partial charge >= 0.3 is 0 Å². The molecule has 0 unspecified atom stereocenters. The average molecular weight is 331 g/mol. The lowest BCUT2D eigenvalue weighted by atomic mass is 10.2. The van der Waals surface area contributed by atoms with Crippen LogP contribution in [0.15, 0.2) is 36.5 Å². The van der Waals surface area contributed by atoms with Gasteiger partial charge in [-0.3, -0.25) is 14.4 Å². The molecule has 1 aliphatic rings. The number of carbonyl (C=O) groups is 1. The van der Waals surface area contributed by atoms with Crippen LogP contribution in [0.25, 0.3) is 0 Å². The zero-order valence-electron chi connectivity index (χ0n) is 13.9. The Bertz CT molecular complexity index is 691. The molecular formula is C17H22FN5O. The first-order valence-corrected chi connectivity index (χ1v) is 8.08. The summed E-state index contributed by atoms with van der Waals surface area (Å²) in [4.78, 5) is 16.7. The van der Waals surface area contributed by atoms with Gasteiger partial charge in [0.25, 0.3) is 0 Å². The Hall–Kier alpha value is -2.41. The molecule has 0 saturated carbocycles. The van der Waals surface area contributed by atoms with Crippen LogP contribution in [0.5, 0.6) is 0 Å². The van der Waals surface area contributed by atoms with E-state index in [1.807, 2.05) is 14.0 Å². The number of amides is 1. The lowest BCUT2D eigenvalue weighted by Crippen LogP contribution is -2.52. The van der Waals surface area contributed by atoms with Crippen LogP contribution in [0, 0.1) is 5.82 Å². The summed E-state index contributed by atoms with van der Waals surface area (Å²) in [5.74, 6) is 0.292. The molecule has 1 aliphatic heterocycles. The summed E-state index contributed by atoms with van der Waals surface area (Å²) >= 11 is 0. The van der Waals surface area contributed by atoms with Crippen LogP contribution in [0.3, 0.4) is 0 Å². The molecule has 2 aromatic rings. The van der Waals surface area contributed by atoms with Crippen LogP contribution in [0.1, 0.15) is 6.92 Å². The predicted molar refractivity (Wildman–Crippen MR) is 91.5 cm³/mol. The van der Waals surface area contributed by atoms with E-state index in [0.29, 0.717) is 5.82 Å². The lowest BCUT2D eigenvalue weighted by molar-refractivity contribution is -0.120. The molecule has 0 bridgehead atoms. The summed E-state index contributed by atoms with van der Waals surface area (Å²) in [7, 11) is 1.81. The highest BCUT2D eigenvalue weighted by Gasteiger charge is 2.26. The molecule has 1 atom stereocenters. The largest absolute Gasteiger partial charge is 0.369 e. The zero-order valence-corrected chi connectivity index (χ0v) is 13.9. The summed E-state index contributed by atoms with van der Waals surface area (Å²) in [5, 5.41) is 7.01. The van der Waals surface area contributed by atoms with E-state index in [1.54, 1.807) is 29.1 Å². The second-order valence-corrected chi connectivity index (χ2v) is 6.04. The maximum absolute atomic E-state index is 13.0. The third-order valence-corrected chi connectivity index (χ3v) is 4.40. The quantitative estimate of drug-likeness (QED) is 0.927. The van der Waals surface area contributed by atoms with Gasteiger partial charge in [-0.15, -0.1) is 0 Å². The third-order valence-electron chi connectivity index (χ3n) is 4.40. The van der Waals surface area contributed by atoms with E-state index in [4.69, 9.17) is 0 Å². The number of carbonyl (C=O) groups excluding carboxylic acids is 1. The summed E-state index contributed by atoms with van der Waals surface area (Å²) in [6.45, 7) is 5.11. The van der Waals surface area contributed by atoms with Crippen molar-refractivity contribution in [3.05, 3.63) is 42.3 Å². The Labute approximate surface area is 140 Å². The molecule has 24 heavy (non-hydrogen) atoms. The van der Waals surface area contributed by atoms with Gasteiger partial charge in [0.05, 0.1) is 6.04 Å². The fourth-order valence-electron chi connectivity index (χ4n) is 2.90. The molecule has 2 heterocycles. The molecule has 128 valence electrons. The molecule has 0 spiro atoms. The summed E-state index contributed by atoms with van der Waals surface area (Å²) in [6, 6.07) is 8.10. The van der Waals surface area contributed by atoms with Gasteiger partial charge in [0, 0.05) is 51.2 Å². The molecule has 0 aliphatic carbocycles. The van der Waals surface area contributed by atoms with Crippen molar-refractivity contribution < 1.29 is 9.18 Å². The number of aryl methyl sites for hydroxylation is 1. The standard InChI is InChI=1S/C17H22FN5O/c1-13(17(24)19-16-7-8-21(2)20-16)22-9-11-23(12-10-22)15-5-3-14(18)4-6-15/h3-8,13H,9-12H2,1-2H3,(H,19,20,24)/t13-/m0/s1. The van der Waals surface area contributed by atoms with E-state index in [1.165, 1.54) is 12.1 Å². The van der Waals surface area contributed by atoms with Crippen LogP contribution in [0.4, 0.5) is 15.9 Å². The summed E-state index contributed by atoms with van der Waals surface area (Å²) in [5.41, 5.74) is 1.02. The Kier molecular flexibility index (Phi) is 4.80. The van der Waals surface area contributed by atoms with Crippen LogP contribution in [-0.4, -0.2) is 52.8 Å². The number of anilines is 2. The molecule has 3 rings (SSSR count). The SMILES string of the molecule is C[C@@H](C(=O)Nc1ccn(C)n1)N1CCN(c2ccc(F)cc2)CC1. The number of halogens is 1. The number of hydrogen-bond donors (Lipinski definition) is 1. The van der Waals surface area contributed by atoms with Crippen molar-refractivity contribution in [3.8, 4) is 0 Å². The molecule has 1 fully saturated rings. The van der Waals surface area contributed by atoms with E-state index in [9.17, 15) is 9.18 Å². The highest BCUT2D eigenvalue weighted by Crippen LogP contribution is 2.18. The van der Waals surface area contributed by atoms with Gasteiger partial charge in [0.15, 0.2) is 5.82 Å². The molecule has 1 amide bonds. The molecule has 1 saturated heterocycles. The van der Waals surface area contributed by atoms with Crippen molar-refractivity contribution in [2.45, 2.75) is 13.0 Å². The number of hydrogen-bond acceptors (Lipinski definition) is 4. The number of aromatic nitrogens is 2. The second-order valence-electron chi connectivity index (χ2n) is 6.04. The first-order valence-electron chi connectivity index (χ1n) is 8.08. The van der Waals surface area contributed by atoms with Crippen molar-refractivity contribution in [2.24, 2.45) is 7.05 Å². The van der Waals surface area contributed by atoms with Crippen molar-refractivity contribution in [2.75, 3.05) is 36.4 Å². The van der Waals surface area contributed by atoms with E-state index in [-0.39, 0.29) is 17.8 Å². The van der Waals surface area contributed by atoms with Crippen molar-refractivity contribution in [1.29, 1.82) is 0 Å². The number of nitrogens with zero attached hydrogens (tertiary/aromatic N) is 4. The fraction of sp³-hybridized carbons (Fsp3) is 0.412. The minimum Gasteiger partial charge on any atom is -0.369 e. The van der Waals surface area contributed by atoms with Gasteiger partial charge < -0.3 is 10.2 Å². The Morgan fingerprint density at radius 3 is 2.42 bits per heavy atom. The highest BCUT2D eigenvalue weighted by molar-refractivity contribution is 5.93. The van der Waals surface area contributed by atoms with Gasteiger partial charge in [0.2, 0.25) is 5.91 Å². The van der Waals surface area contributed by atoms with Crippen LogP contribution < -0.4 is 10.2 Å². The Balaban J connectivity index is 1.53. The third kappa shape index (κ3) is 3.73. The average Bonchev–Trinajstić information content (AvgIpc) is 3.00. The van der Waals surface area contributed by atoms with Gasteiger partial charge in [-0.05, 0) is 31.2 Å². The minimum absolute atomic E-state index is 0.0519.